The van der Waals surface area contributed by atoms with Gasteiger partial charge in [-0.25, -0.2) is 14.6 Å². The summed E-state index contributed by atoms with van der Waals surface area (Å²) >= 11 is 0. The predicted molar refractivity (Wildman–Crippen MR) is 76.3 cm³/mol. The number of hydrogen-bond acceptors (Lipinski definition) is 4. The van der Waals surface area contributed by atoms with E-state index in [1.54, 1.807) is 4.57 Å². The van der Waals surface area contributed by atoms with Crippen LogP contribution in [0.2, 0.25) is 0 Å². The lowest BCUT2D eigenvalue weighted by Gasteiger charge is -2.38. The molecule has 116 valence electrons. The molecule has 1 aromatic heterocycles. The molecule has 1 aliphatic rings. The summed E-state index contributed by atoms with van der Waals surface area (Å²) < 4.78 is 1.65. The van der Waals surface area contributed by atoms with Gasteiger partial charge in [0.1, 0.15) is 0 Å². The van der Waals surface area contributed by atoms with Crippen LogP contribution in [0, 0.1) is 0 Å². The molecule has 1 unspecified atom stereocenters. The number of imidazole rings is 1. The van der Waals surface area contributed by atoms with Gasteiger partial charge in [0.05, 0.1) is 6.33 Å². The van der Waals surface area contributed by atoms with Gasteiger partial charge in [-0.2, -0.15) is 0 Å². The second kappa shape index (κ2) is 6.57. The van der Waals surface area contributed by atoms with Crippen LogP contribution in [0.3, 0.4) is 0 Å². The van der Waals surface area contributed by atoms with Crippen molar-refractivity contribution < 1.29 is 14.7 Å². The van der Waals surface area contributed by atoms with E-state index in [0.29, 0.717) is 13.1 Å². The van der Waals surface area contributed by atoms with E-state index in [1.165, 1.54) is 12.5 Å². The van der Waals surface area contributed by atoms with Gasteiger partial charge in [0, 0.05) is 45.0 Å². The third-order valence-electron chi connectivity index (χ3n) is 3.59. The van der Waals surface area contributed by atoms with Crippen molar-refractivity contribution in [1.29, 1.82) is 0 Å². The van der Waals surface area contributed by atoms with Gasteiger partial charge >= 0.3 is 12.0 Å². The highest BCUT2D eigenvalue weighted by Gasteiger charge is 2.25. The molecule has 1 saturated heterocycles. The maximum atomic E-state index is 12.1. The summed E-state index contributed by atoms with van der Waals surface area (Å²) in [4.78, 5) is 30.6. The highest BCUT2D eigenvalue weighted by molar-refractivity contribution is 5.84. The van der Waals surface area contributed by atoms with Crippen LogP contribution in [-0.2, 0) is 6.54 Å². The number of nitrogens with zero attached hydrogens (tertiary/aromatic N) is 4. The molecule has 2 rings (SSSR count). The van der Waals surface area contributed by atoms with Gasteiger partial charge in [-0.3, -0.25) is 0 Å². The Labute approximate surface area is 123 Å². The van der Waals surface area contributed by atoms with Gasteiger partial charge in [0.15, 0.2) is 5.69 Å². The van der Waals surface area contributed by atoms with Crippen molar-refractivity contribution in [2.24, 2.45) is 0 Å². The first-order valence-electron chi connectivity index (χ1n) is 6.95. The zero-order valence-electron chi connectivity index (χ0n) is 12.3. The van der Waals surface area contributed by atoms with Crippen molar-refractivity contribution in [3.8, 4) is 0 Å². The Morgan fingerprint density at radius 3 is 2.86 bits per heavy atom. The van der Waals surface area contributed by atoms with Crippen LogP contribution in [0.15, 0.2) is 12.5 Å². The number of carbonyl (C=O) groups excluding carboxylic acids is 1. The highest BCUT2D eigenvalue weighted by atomic mass is 16.4. The fourth-order valence-electron chi connectivity index (χ4n) is 2.43. The molecule has 0 saturated carbocycles. The lowest BCUT2D eigenvalue weighted by molar-refractivity contribution is 0.0691. The molecule has 2 N–H and O–H groups in total. The molecule has 1 atom stereocenters. The summed E-state index contributed by atoms with van der Waals surface area (Å²) in [6.45, 7) is 5.43. The van der Waals surface area contributed by atoms with Gasteiger partial charge in [-0.15, -0.1) is 0 Å². The molecule has 0 aromatic carbocycles. The number of likely N-dealkylation sites (N-methyl/N-ethyl adjacent to an activating group) is 1. The first kappa shape index (κ1) is 15.3. The van der Waals surface area contributed by atoms with E-state index in [2.05, 4.69) is 15.2 Å². The number of piperazine rings is 1. The maximum absolute atomic E-state index is 12.1. The maximum Gasteiger partial charge on any atom is 0.356 e. The second-order valence-corrected chi connectivity index (χ2v) is 5.34. The van der Waals surface area contributed by atoms with E-state index in [1.807, 2.05) is 18.9 Å². The average Bonchev–Trinajstić information content (AvgIpc) is 2.87. The molecule has 2 heterocycles. The summed E-state index contributed by atoms with van der Waals surface area (Å²) in [7, 11) is 2.05. The molecular weight excluding hydrogens is 274 g/mol. The van der Waals surface area contributed by atoms with Gasteiger partial charge in [-0.1, -0.05) is 0 Å². The topological polar surface area (TPSA) is 90.7 Å². The smallest absolute Gasteiger partial charge is 0.356 e. The zero-order chi connectivity index (χ0) is 15.4. The minimum Gasteiger partial charge on any atom is -0.476 e. The molecule has 0 aliphatic carbocycles. The van der Waals surface area contributed by atoms with Crippen LogP contribution < -0.4 is 5.32 Å². The minimum atomic E-state index is -1.05. The van der Waals surface area contributed by atoms with Crippen LogP contribution in [0.5, 0.6) is 0 Å². The summed E-state index contributed by atoms with van der Waals surface area (Å²) in [6, 6.07) is 0.116. The quantitative estimate of drug-likeness (QED) is 0.811. The standard InChI is InChI=1S/C13H21N5O3/c1-10-7-16(2)5-6-18(10)13(21)14-3-4-17-8-11(12(19)20)15-9-17/h8-10H,3-7H2,1-2H3,(H,14,21)(H,19,20). The number of amides is 2. The van der Waals surface area contributed by atoms with Gasteiger partial charge < -0.3 is 24.8 Å². The minimum absolute atomic E-state index is 0.00835. The second-order valence-electron chi connectivity index (χ2n) is 5.34. The Morgan fingerprint density at radius 1 is 1.48 bits per heavy atom. The lowest BCUT2D eigenvalue weighted by Crippen LogP contribution is -2.55. The van der Waals surface area contributed by atoms with E-state index >= 15 is 0 Å². The molecule has 8 heteroatoms. The molecule has 2 amide bonds. The van der Waals surface area contributed by atoms with Crippen molar-refractivity contribution in [2.45, 2.75) is 19.5 Å². The van der Waals surface area contributed by atoms with Crippen molar-refractivity contribution >= 4 is 12.0 Å². The van der Waals surface area contributed by atoms with E-state index in [0.717, 1.165) is 19.6 Å². The Hall–Kier alpha value is -2.09. The van der Waals surface area contributed by atoms with Gasteiger partial charge in [0.25, 0.3) is 0 Å². The number of aromatic nitrogens is 2. The summed E-state index contributed by atoms with van der Waals surface area (Å²) in [6.07, 6.45) is 2.90. The fraction of sp³-hybridized carbons (Fsp3) is 0.615. The normalized spacial score (nSPS) is 19.5. The molecule has 8 nitrogen and oxygen atoms in total. The first-order chi connectivity index (χ1) is 9.97. The number of hydrogen-bond donors (Lipinski definition) is 2. The highest BCUT2D eigenvalue weighted by Crippen LogP contribution is 2.07. The molecule has 0 bridgehead atoms. The lowest BCUT2D eigenvalue weighted by atomic mass is 10.2. The third-order valence-corrected chi connectivity index (χ3v) is 3.59. The molecule has 1 aliphatic heterocycles. The van der Waals surface area contributed by atoms with Gasteiger partial charge in [0.2, 0.25) is 0 Å². The zero-order valence-corrected chi connectivity index (χ0v) is 12.3. The number of aromatic carboxylic acids is 1. The van der Waals surface area contributed by atoms with Gasteiger partial charge in [-0.05, 0) is 14.0 Å². The predicted octanol–water partition coefficient (Wildman–Crippen LogP) is -0.0732. The molecule has 1 fully saturated rings. The number of carboxylic acids is 1. The van der Waals surface area contributed by atoms with E-state index in [9.17, 15) is 9.59 Å². The largest absolute Gasteiger partial charge is 0.476 e. The van der Waals surface area contributed by atoms with E-state index in [-0.39, 0.29) is 17.8 Å². The van der Waals surface area contributed by atoms with E-state index < -0.39 is 5.97 Å². The molecule has 21 heavy (non-hydrogen) atoms. The van der Waals surface area contributed by atoms with Crippen LogP contribution in [0.1, 0.15) is 17.4 Å². The van der Waals surface area contributed by atoms with Crippen LogP contribution in [0.4, 0.5) is 4.79 Å². The number of urea groups is 1. The number of carboxylic acid groups (broad SMARTS) is 1. The Morgan fingerprint density at radius 2 is 2.24 bits per heavy atom. The van der Waals surface area contributed by atoms with Crippen molar-refractivity contribution in [2.75, 3.05) is 33.2 Å². The first-order valence-corrected chi connectivity index (χ1v) is 6.95. The third kappa shape index (κ3) is 3.94. The van der Waals surface area contributed by atoms with Crippen LogP contribution in [-0.4, -0.2) is 75.7 Å². The Bertz CT molecular complexity index is 516. The SMILES string of the molecule is CC1CN(C)CCN1C(=O)NCCn1cnc(C(=O)O)c1. The molecule has 1 aromatic rings. The summed E-state index contributed by atoms with van der Waals surface area (Å²) in [5.74, 6) is -1.05. The average molecular weight is 295 g/mol. The molecular formula is C13H21N5O3. The molecule has 0 spiro atoms. The van der Waals surface area contributed by atoms with Crippen molar-refractivity contribution in [1.82, 2.24) is 24.7 Å². The molecule has 0 radical (unpaired) electrons. The summed E-state index contributed by atoms with van der Waals surface area (Å²) in [5.41, 5.74) is 0.00835. The van der Waals surface area contributed by atoms with Crippen molar-refractivity contribution in [3.63, 3.8) is 0 Å². The van der Waals surface area contributed by atoms with Crippen LogP contribution >= 0.6 is 0 Å². The van der Waals surface area contributed by atoms with E-state index in [4.69, 9.17) is 5.11 Å². The number of rotatable bonds is 4. The number of nitrogens with one attached hydrogen (secondary N) is 1. The summed E-state index contributed by atoms with van der Waals surface area (Å²) in [5, 5.41) is 11.6. The Balaban J connectivity index is 1.77. The fourth-order valence-corrected chi connectivity index (χ4v) is 2.43. The van der Waals surface area contributed by atoms with Crippen molar-refractivity contribution in [3.05, 3.63) is 18.2 Å². The monoisotopic (exact) mass is 295 g/mol. The number of carbonyl (C=O) groups is 2. The van der Waals surface area contributed by atoms with Crippen LogP contribution in [0.25, 0.3) is 0 Å². The Kier molecular flexibility index (Phi) is 4.79.